The molecule has 0 spiro atoms. The van der Waals surface area contributed by atoms with E-state index in [0.717, 1.165) is 28.7 Å². The first-order chi connectivity index (χ1) is 9.63. The summed E-state index contributed by atoms with van der Waals surface area (Å²) in [5.41, 5.74) is 9.07. The molecule has 3 nitrogen and oxygen atoms in total. The van der Waals surface area contributed by atoms with Crippen LogP contribution in [-0.2, 0) is 0 Å². The molecule has 3 N–H and O–H groups in total. The summed E-state index contributed by atoms with van der Waals surface area (Å²) < 4.78 is 0. The van der Waals surface area contributed by atoms with Crippen LogP contribution < -0.4 is 5.73 Å². The number of H-pyrrole nitrogens is 1. The van der Waals surface area contributed by atoms with E-state index in [1.807, 2.05) is 12.1 Å². The maximum Gasteiger partial charge on any atom is 0.153 e. The highest BCUT2D eigenvalue weighted by atomic mass is 35.5. The van der Waals surface area contributed by atoms with Gasteiger partial charge >= 0.3 is 0 Å². The van der Waals surface area contributed by atoms with Gasteiger partial charge in [-0.1, -0.05) is 29.3 Å². The van der Waals surface area contributed by atoms with Gasteiger partial charge in [-0.05, 0) is 43.2 Å². The highest BCUT2D eigenvalue weighted by Crippen LogP contribution is 2.58. The zero-order valence-corrected chi connectivity index (χ0v) is 12.4. The Morgan fingerprint density at radius 1 is 1.15 bits per heavy atom. The molecule has 1 heterocycles. The molecule has 2 aliphatic carbocycles. The second-order valence-electron chi connectivity index (χ2n) is 5.95. The molecule has 2 saturated carbocycles. The predicted molar refractivity (Wildman–Crippen MR) is 82.0 cm³/mol. The maximum atomic E-state index is 6.33. The fraction of sp³-hybridized carbons (Fsp3) is 0.400. The molecule has 0 bridgehead atoms. The van der Waals surface area contributed by atoms with Gasteiger partial charge in [-0.2, -0.15) is 5.10 Å². The van der Waals surface area contributed by atoms with Crippen LogP contribution in [0.15, 0.2) is 18.2 Å². The molecule has 1 aromatic heterocycles. The predicted octanol–water partition coefficient (Wildman–Crippen LogP) is 4.48. The van der Waals surface area contributed by atoms with E-state index in [9.17, 15) is 0 Å². The van der Waals surface area contributed by atoms with E-state index in [-0.39, 0.29) is 0 Å². The molecule has 2 aliphatic rings. The van der Waals surface area contributed by atoms with Crippen molar-refractivity contribution in [3.05, 3.63) is 33.9 Å². The third-order valence-electron chi connectivity index (χ3n) is 4.67. The molecule has 5 heteroatoms. The smallest absolute Gasteiger partial charge is 0.153 e. The Kier molecular flexibility index (Phi) is 2.76. The molecule has 4 rings (SSSR count). The Labute approximate surface area is 127 Å². The average Bonchev–Trinajstić information content (AvgIpc) is 2.83. The second kappa shape index (κ2) is 4.40. The van der Waals surface area contributed by atoms with Gasteiger partial charge in [0.15, 0.2) is 5.82 Å². The van der Waals surface area contributed by atoms with Gasteiger partial charge in [0.2, 0.25) is 0 Å². The minimum atomic E-state index is 0.518. The number of benzene rings is 1. The lowest BCUT2D eigenvalue weighted by molar-refractivity contribution is 0.607. The van der Waals surface area contributed by atoms with Crippen LogP contribution in [-0.4, -0.2) is 10.2 Å². The van der Waals surface area contributed by atoms with Crippen LogP contribution in [0.1, 0.15) is 30.9 Å². The number of nitrogens with one attached hydrogen (secondary N) is 1. The molecule has 2 unspecified atom stereocenters. The van der Waals surface area contributed by atoms with E-state index in [0.29, 0.717) is 21.8 Å². The molecule has 2 atom stereocenters. The van der Waals surface area contributed by atoms with Gasteiger partial charge in [0.25, 0.3) is 0 Å². The number of fused-ring (bicyclic) bond motifs is 1. The molecule has 0 saturated heterocycles. The van der Waals surface area contributed by atoms with Gasteiger partial charge in [0, 0.05) is 27.8 Å². The van der Waals surface area contributed by atoms with Crippen LogP contribution in [0.5, 0.6) is 0 Å². The number of aromatic amines is 1. The van der Waals surface area contributed by atoms with Crippen molar-refractivity contribution in [2.75, 3.05) is 5.73 Å². The van der Waals surface area contributed by atoms with Gasteiger partial charge in [-0.25, -0.2) is 0 Å². The van der Waals surface area contributed by atoms with Crippen LogP contribution in [0.25, 0.3) is 11.1 Å². The monoisotopic (exact) mass is 307 g/mol. The van der Waals surface area contributed by atoms with E-state index < -0.39 is 0 Å². The van der Waals surface area contributed by atoms with Crippen molar-refractivity contribution < 1.29 is 0 Å². The number of nitrogens with two attached hydrogens (primary N) is 1. The first-order valence-electron chi connectivity index (χ1n) is 6.92. The normalized spacial score (nSPS) is 27.6. The van der Waals surface area contributed by atoms with Crippen LogP contribution in [0.3, 0.4) is 0 Å². The molecule has 20 heavy (non-hydrogen) atoms. The Bertz CT molecular complexity index is 670. The van der Waals surface area contributed by atoms with Crippen LogP contribution in [0.2, 0.25) is 10.0 Å². The molecule has 0 aliphatic heterocycles. The molecule has 0 amide bonds. The number of hydrogen-bond acceptors (Lipinski definition) is 2. The number of nitrogens with zero attached hydrogens (tertiary/aromatic N) is 1. The van der Waals surface area contributed by atoms with Gasteiger partial charge in [0.05, 0.1) is 5.02 Å². The molecule has 104 valence electrons. The largest absolute Gasteiger partial charge is 0.382 e. The summed E-state index contributed by atoms with van der Waals surface area (Å²) in [6, 6.07) is 5.51. The topological polar surface area (TPSA) is 54.7 Å². The minimum absolute atomic E-state index is 0.518. The van der Waals surface area contributed by atoms with Crippen molar-refractivity contribution in [1.29, 1.82) is 0 Å². The Morgan fingerprint density at radius 3 is 2.60 bits per heavy atom. The summed E-state index contributed by atoms with van der Waals surface area (Å²) in [7, 11) is 0. The highest BCUT2D eigenvalue weighted by Gasteiger charge is 2.47. The van der Waals surface area contributed by atoms with Gasteiger partial charge in [0.1, 0.15) is 0 Å². The Morgan fingerprint density at radius 2 is 1.90 bits per heavy atom. The van der Waals surface area contributed by atoms with Crippen LogP contribution in [0.4, 0.5) is 5.82 Å². The zero-order chi connectivity index (χ0) is 13.9. The Hall–Kier alpha value is -1.19. The lowest BCUT2D eigenvalue weighted by atomic mass is 9.93. The molecule has 1 aromatic carbocycles. The number of anilines is 1. The van der Waals surface area contributed by atoms with E-state index in [4.69, 9.17) is 28.9 Å². The fourth-order valence-electron chi connectivity index (χ4n) is 3.59. The lowest BCUT2D eigenvalue weighted by Crippen LogP contribution is -1.99. The average molecular weight is 308 g/mol. The summed E-state index contributed by atoms with van der Waals surface area (Å²) >= 11 is 12.3. The van der Waals surface area contributed by atoms with E-state index in [1.165, 1.54) is 19.3 Å². The van der Waals surface area contributed by atoms with Crippen LogP contribution >= 0.6 is 23.2 Å². The molecule has 2 fully saturated rings. The standard InChI is InChI=1S/C15H15Cl2N3/c16-10-1-2-11(12(17)6-10)13-14(19-20-15(13)18)9-4-7-3-8(7)5-9/h1-2,6-9H,3-5H2,(H3,18,19,20). The zero-order valence-electron chi connectivity index (χ0n) is 10.9. The number of nitrogen functional groups attached to an aromatic ring is 1. The summed E-state index contributed by atoms with van der Waals surface area (Å²) in [6.07, 6.45) is 3.88. The van der Waals surface area contributed by atoms with E-state index in [1.54, 1.807) is 6.07 Å². The first-order valence-corrected chi connectivity index (χ1v) is 7.68. The number of rotatable bonds is 2. The first kappa shape index (κ1) is 12.5. The van der Waals surface area contributed by atoms with Crippen molar-refractivity contribution in [3.8, 4) is 11.1 Å². The third kappa shape index (κ3) is 1.92. The van der Waals surface area contributed by atoms with Crippen molar-refractivity contribution in [2.24, 2.45) is 11.8 Å². The van der Waals surface area contributed by atoms with E-state index >= 15 is 0 Å². The minimum Gasteiger partial charge on any atom is -0.382 e. The second-order valence-corrected chi connectivity index (χ2v) is 6.79. The van der Waals surface area contributed by atoms with Crippen molar-refractivity contribution >= 4 is 29.0 Å². The van der Waals surface area contributed by atoms with Crippen molar-refractivity contribution in [2.45, 2.75) is 25.2 Å². The number of halogens is 2. The maximum absolute atomic E-state index is 6.33. The summed E-state index contributed by atoms with van der Waals surface area (Å²) in [4.78, 5) is 0. The highest BCUT2D eigenvalue weighted by molar-refractivity contribution is 6.36. The van der Waals surface area contributed by atoms with Crippen LogP contribution in [0, 0.1) is 11.8 Å². The molecular formula is C15H15Cl2N3. The lowest BCUT2D eigenvalue weighted by Gasteiger charge is -2.13. The van der Waals surface area contributed by atoms with E-state index in [2.05, 4.69) is 10.2 Å². The number of aromatic nitrogens is 2. The third-order valence-corrected chi connectivity index (χ3v) is 5.22. The summed E-state index contributed by atoms with van der Waals surface area (Å²) in [5, 5.41) is 8.58. The Balaban J connectivity index is 1.78. The quantitative estimate of drug-likeness (QED) is 0.859. The SMILES string of the molecule is Nc1n[nH]c(C2CC3CC3C2)c1-c1ccc(Cl)cc1Cl. The van der Waals surface area contributed by atoms with Crippen molar-refractivity contribution in [1.82, 2.24) is 10.2 Å². The van der Waals surface area contributed by atoms with Gasteiger partial charge in [-0.15, -0.1) is 0 Å². The summed E-state index contributed by atoms with van der Waals surface area (Å²) in [6.45, 7) is 0. The van der Waals surface area contributed by atoms with Crippen molar-refractivity contribution in [3.63, 3.8) is 0 Å². The fourth-order valence-corrected chi connectivity index (χ4v) is 4.09. The van der Waals surface area contributed by atoms with Gasteiger partial charge in [-0.3, -0.25) is 5.10 Å². The van der Waals surface area contributed by atoms with Gasteiger partial charge < -0.3 is 5.73 Å². The number of hydrogen-bond donors (Lipinski definition) is 2. The molecular weight excluding hydrogens is 293 g/mol. The molecule has 0 radical (unpaired) electrons. The molecule has 2 aromatic rings. The summed E-state index contributed by atoms with van der Waals surface area (Å²) in [5.74, 6) is 2.88.